The van der Waals surface area contributed by atoms with Crippen molar-refractivity contribution in [1.82, 2.24) is 4.72 Å². The predicted molar refractivity (Wildman–Crippen MR) is 63.2 cm³/mol. The molecular formula is C9H17ClF3NO3S. The predicted octanol–water partition coefficient (Wildman–Crippen LogP) is 1.89. The Hall–Kier alpha value is -0.0500. The molecule has 0 aliphatic carbocycles. The fourth-order valence-corrected chi connectivity index (χ4v) is 2.88. The summed E-state index contributed by atoms with van der Waals surface area (Å²) in [6.07, 6.45) is -5.55. The first-order chi connectivity index (χ1) is 8.20. The van der Waals surface area contributed by atoms with E-state index in [1.54, 1.807) is 0 Å². The molecule has 9 heteroatoms. The van der Waals surface area contributed by atoms with Crippen molar-refractivity contribution in [2.24, 2.45) is 0 Å². The molecule has 18 heavy (non-hydrogen) atoms. The number of nitrogens with one attached hydrogen (secondary N) is 1. The van der Waals surface area contributed by atoms with Crippen LogP contribution in [0.3, 0.4) is 0 Å². The van der Waals surface area contributed by atoms with Gasteiger partial charge in [-0.25, -0.2) is 13.1 Å². The summed E-state index contributed by atoms with van der Waals surface area (Å²) in [5.41, 5.74) is 0. The minimum atomic E-state index is -4.34. The monoisotopic (exact) mass is 311 g/mol. The van der Waals surface area contributed by atoms with E-state index < -0.39 is 40.8 Å². The van der Waals surface area contributed by atoms with Crippen molar-refractivity contribution < 1.29 is 26.3 Å². The van der Waals surface area contributed by atoms with Crippen LogP contribution in [0.25, 0.3) is 0 Å². The third-order valence-electron chi connectivity index (χ3n) is 2.04. The number of sulfonamides is 1. The summed E-state index contributed by atoms with van der Waals surface area (Å²) in [6, 6.07) is -0.511. The molecule has 0 heterocycles. The van der Waals surface area contributed by atoms with E-state index >= 15 is 0 Å². The smallest absolute Gasteiger partial charge is 0.383 e. The van der Waals surface area contributed by atoms with Crippen molar-refractivity contribution in [1.29, 1.82) is 0 Å². The summed E-state index contributed by atoms with van der Waals surface area (Å²) in [7, 11) is -2.33. The molecule has 110 valence electrons. The lowest BCUT2D eigenvalue weighted by molar-refractivity contribution is -0.134. The SMILES string of the molecule is COCC(CCCl)NS(=O)(=O)CCCC(F)(F)F. The third-order valence-corrected chi connectivity index (χ3v) is 3.78. The lowest BCUT2D eigenvalue weighted by Gasteiger charge is -2.17. The Bertz CT molecular complexity index is 316. The highest BCUT2D eigenvalue weighted by atomic mass is 35.5. The number of hydrogen-bond donors (Lipinski definition) is 1. The molecule has 0 aromatic carbocycles. The van der Waals surface area contributed by atoms with Gasteiger partial charge in [0.15, 0.2) is 0 Å². The van der Waals surface area contributed by atoms with Crippen LogP contribution in [0.5, 0.6) is 0 Å². The first-order valence-electron chi connectivity index (χ1n) is 5.32. The third kappa shape index (κ3) is 9.93. The van der Waals surface area contributed by atoms with Gasteiger partial charge in [-0.15, -0.1) is 11.6 Å². The molecular weight excluding hydrogens is 295 g/mol. The van der Waals surface area contributed by atoms with Crippen LogP contribution in [-0.4, -0.2) is 46.0 Å². The summed E-state index contributed by atoms with van der Waals surface area (Å²) >= 11 is 5.49. The molecule has 1 unspecified atom stereocenters. The highest BCUT2D eigenvalue weighted by molar-refractivity contribution is 7.89. The van der Waals surface area contributed by atoms with Gasteiger partial charge in [0.05, 0.1) is 12.4 Å². The zero-order valence-corrected chi connectivity index (χ0v) is 11.5. The Morgan fingerprint density at radius 1 is 1.39 bits per heavy atom. The van der Waals surface area contributed by atoms with E-state index in [4.69, 9.17) is 16.3 Å². The molecule has 1 atom stereocenters. The Kier molecular flexibility index (Phi) is 8.16. The van der Waals surface area contributed by atoms with Crippen molar-refractivity contribution in [2.45, 2.75) is 31.5 Å². The van der Waals surface area contributed by atoms with Gasteiger partial charge < -0.3 is 4.74 Å². The fraction of sp³-hybridized carbons (Fsp3) is 1.00. The summed E-state index contributed by atoms with van der Waals surface area (Å²) in [4.78, 5) is 0. The van der Waals surface area contributed by atoms with Crippen LogP contribution in [0.4, 0.5) is 13.2 Å². The van der Waals surface area contributed by atoms with Gasteiger partial charge in [-0.05, 0) is 12.8 Å². The molecule has 0 aliphatic rings. The van der Waals surface area contributed by atoms with Gasteiger partial charge >= 0.3 is 6.18 Å². The van der Waals surface area contributed by atoms with Gasteiger partial charge in [-0.3, -0.25) is 0 Å². The molecule has 0 saturated heterocycles. The second-order valence-corrected chi connectivity index (χ2v) is 6.04. The van der Waals surface area contributed by atoms with Crippen LogP contribution in [0.15, 0.2) is 0 Å². The van der Waals surface area contributed by atoms with E-state index in [0.717, 1.165) is 0 Å². The highest BCUT2D eigenvalue weighted by Gasteiger charge is 2.27. The molecule has 0 fully saturated rings. The first-order valence-corrected chi connectivity index (χ1v) is 7.50. The minimum Gasteiger partial charge on any atom is -0.383 e. The molecule has 0 rings (SSSR count). The van der Waals surface area contributed by atoms with Gasteiger partial charge in [0.25, 0.3) is 0 Å². The Morgan fingerprint density at radius 2 is 2.00 bits per heavy atom. The van der Waals surface area contributed by atoms with Gasteiger partial charge in [0.1, 0.15) is 0 Å². The Morgan fingerprint density at radius 3 is 2.44 bits per heavy atom. The van der Waals surface area contributed by atoms with Crippen LogP contribution < -0.4 is 4.72 Å². The van der Waals surface area contributed by atoms with Gasteiger partial charge in [0.2, 0.25) is 10.0 Å². The van der Waals surface area contributed by atoms with E-state index in [2.05, 4.69) is 4.72 Å². The van der Waals surface area contributed by atoms with Crippen LogP contribution in [0.1, 0.15) is 19.3 Å². The Labute approximate surface area is 110 Å². The van der Waals surface area contributed by atoms with Crippen LogP contribution in [0.2, 0.25) is 0 Å². The lowest BCUT2D eigenvalue weighted by Crippen LogP contribution is -2.39. The molecule has 4 nitrogen and oxygen atoms in total. The summed E-state index contributed by atoms with van der Waals surface area (Å²) in [6.45, 7) is 0.130. The largest absolute Gasteiger partial charge is 0.389 e. The van der Waals surface area contributed by atoms with E-state index in [-0.39, 0.29) is 12.5 Å². The first kappa shape index (κ1) is 17.9. The summed E-state index contributed by atoms with van der Waals surface area (Å²) in [5, 5.41) is 0. The molecule has 0 aliphatic heterocycles. The lowest BCUT2D eigenvalue weighted by atomic mass is 10.3. The van der Waals surface area contributed by atoms with Crippen molar-refractivity contribution in [3.8, 4) is 0 Å². The average Bonchev–Trinajstić information content (AvgIpc) is 2.14. The van der Waals surface area contributed by atoms with Crippen LogP contribution in [-0.2, 0) is 14.8 Å². The summed E-state index contributed by atoms with van der Waals surface area (Å²) in [5.74, 6) is -0.325. The second-order valence-electron chi connectivity index (χ2n) is 3.79. The molecule has 0 aromatic rings. The van der Waals surface area contributed by atoms with Crippen molar-refractivity contribution in [2.75, 3.05) is 25.3 Å². The second kappa shape index (κ2) is 8.19. The molecule has 0 amide bonds. The van der Waals surface area contributed by atoms with E-state index in [1.807, 2.05) is 0 Å². The van der Waals surface area contributed by atoms with Gasteiger partial charge in [-0.2, -0.15) is 13.2 Å². The number of rotatable bonds is 9. The Balaban J connectivity index is 4.19. The maximum Gasteiger partial charge on any atom is 0.389 e. The summed E-state index contributed by atoms with van der Waals surface area (Å²) < 4.78 is 65.7. The molecule has 1 N–H and O–H groups in total. The van der Waals surface area contributed by atoms with E-state index in [1.165, 1.54) is 7.11 Å². The molecule has 0 bridgehead atoms. The number of methoxy groups -OCH3 is 1. The maximum atomic E-state index is 11.9. The topological polar surface area (TPSA) is 55.4 Å². The molecule has 0 aromatic heterocycles. The van der Waals surface area contributed by atoms with Crippen molar-refractivity contribution >= 4 is 21.6 Å². The zero-order chi connectivity index (χ0) is 14.2. The fourth-order valence-electron chi connectivity index (χ4n) is 1.28. The number of halogens is 4. The van der Waals surface area contributed by atoms with Gasteiger partial charge in [-0.1, -0.05) is 0 Å². The number of ether oxygens (including phenoxy) is 1. The van der Waals surface area contributed by atoms with Crippen LogP contribution in [0, 0.1) is 0 Å². The molecule has 0 spiro atoms. The van der Waals surface area contributed by atoms with Gasteiger partial charge in [0, 0.05) is 25.5 Å². The highest BCUT2D eigenvalue weighted by Crippen LogP contribution is 2.21. The number of hydrogen-bond acceptors (Lipinski definition) is 3. The normalized spacial score (nSPS) is 14.7. The van der Waals surface area contributed by atoms with Crippen molar-refractivity contribution in [3.05, 3.63) is 0 Å². The number of alkyl halides is 4. The average molecular weight is 312 g/mol. The van der Waals surface area contributed by atoms with Crippen molar-refractivity contribution in [3.63, 3.8) is 0 Å². The zero-order valence-electron chi connectivity index (χ0n) is 9.96. The quantitative estimate of drug-likeness (QED) is 0.662. The van der Waals surface area contributed by atoms with E-state index in [9.17, 15) is 21.6 Å². The standard InChI is InChI=1S/C9H17ClF3NO3S/c1-17-7-8(3-5-10)14-18(15,16)6-2-4-9(11,12)13/h8,14H,2-7H2,1H3. The maximum absolute atomic E-state index is 11.9. The molecule has 0 radical (unpaired) electrons. The van der Waals surface area contributed by atoms with E-state index in [0.29, 0.717) is 6.42 Å². The molecule has 0 saturated carbocycles. The minimum absolute atomic E-state index is 0.130. The van der Waals surface area contributed by atoms with Crippen LogP contribution >= 0.6 is 11.6 Å².